The number of rotatable bonds is 4. The summed E-state index contributed by atoms with van der Waals surface area (Å²) in [5, 5.41) is 11.2. The van der Waals surface area contributed by atoms with Crippen LogP contribution in [0.5, 0.6) is 0 Å². The van der Waals surface area contributed by atoms with E-state index in [2.05, 4.69) is 31.3 Å². The van der Waals surface area contributed by atoms with Crippen LogP contribution in [0.15, 0.2) is 82.8 Å². The van der Waals surface area contributed by atoms with Crippen molar-refractivity contribution in [3.05, 3.63) is 96.5 Å². The number of guanidine groups is 2. The Labute approximate surface area is 170 Å². The molecule has 0 radical (unpaired) electrons. The van der Waals surface area contributed by atoms with Crippen molar-refractivity contribution >= 4 is 29.0 Å². The van der Waals surface area contributed by atoms with Gasteiger partial charge in [-0.15, -0.1) is 0 Å². The minimum atomic E-state index is -0.499. The Morgan fingerprint density at radius 2 is 1.17 bits per heavy atom. The SMILES string of the molecule is Fc1ccccc1NC1=N[C-](Nc2ccccc2F)NC(Nc2ccccc2F)=N1. The molecule has 0 bridgehead atoms. The molecule has 0 saturated carbocycles. The van der Waals surface area contributed by atoms with Gasteiger partial charge in [0.25, 0.3) is 0 Å². The van der Waals surface area contributed by atoms with E-state index in [1.54, 1.807) is 36.4 Å². The summed E-state index contributed by atoms with van der Waals surface area (Å²) < 4.78 is 42.1. The monoisotopic (exact) mass is 409 g/mol. The Morgan fingerprint density at radius 1 is 0.667 bits per heavy atom. The van der Waals surface area contributed by atoms with E-state index in [0.29, 0.717) is 0 Å². The lowest BCUT2D eigenvalue weighted by molar-refractivity contribution is 0.629. The van der Waals surface area contributed by atoms with Crippen LogP contribution in [0, 0.1) is 23.7 Å². The highest BCUT2D eigenvalue weighted by Crippen LogP contribution is 2.20. The first-order valence-corrected chi connectivity index (χ1v) is 8.94. The van der Waals surface area contributed by atoms with E-state index >= 15 is 0 Å². The summed E-state index contributed by atoms with van der Waals surface area (Å²) >= 11 is 0. The summed E-state index contributed by atoms with van der Waals surface area (Å²) in [5.41, 5.74) is 0.486. The zero-order valence-electron chi connectivity index (χ0n) is 15.5. The summed E-state index contributed by atoms with van der Waals surface area (Å²) in [6.07, 6.45) is 0.104. The van der Waals surface area contributed by atoms with Gasteiger partial charge in [0.15, 0.2) is 5.96 Å². The Balaban J connectivity index is 1.62. The van der Waals surface area contributed by atoms with Gasteiger partial charge >= 0.3 is 0 Å². The smallest absolute Gasteiger partial charge is 0.175 e. The number of hydrogen-bond donors (Lipinski definition) is 4. The molecule has 4 N–H and O–H groups in total. The fourth-order valence-electron chi connectivity index (χ4n) is 2.64. The first-order valence-electron chi connectivity index (χ1n) is 8.94. The fraction of sp³-hybridized carbons (Fsp3) is 0. The van der Waals surface area contributed by atoms with Crippen LogP contribution in [0.2, 0.25) is 0 Å². The fourth-order valence-corrected chi connectivity index (χ4v) is 2.64. The molecule has 0 aliphatic carbocycles. The average molecular weight is 409 g/mol. The second kappa shape index (κ2) is 8.48. The highest BCUT2D eigenvalue weighted by Gasteiger charge is 2.13. The van der Waals surface area contributed by atoms with Gasteiger partial charge in [-0.1, -0.05) is 36.4 Å². The highest BCUT2D eigenvalue weighted by molar-refractivity contribution is 6.08. The van der Waals surface area contributed by atoms with E-state index in [-0.39, 0.29) is 35.3 Å². The molecular weight excluding hydrogens is 393 g/mol. The van der Waals surface area contributed by atoms with Crippen molar-refractivity contribution in [3.8, 4) is 0 Å². The molecule has 0 saturated heterocycles. The number of para-hydroxylation sites is 3. The Kier molecular flexibility index (Phi) is 5.42. The minimum Gasteiger partial charge on any atom is -0.402 e. The lowest BCUT2D eigenvalue weighted by Gasteiger charge is -2.33. The summed E-state index contributed by atoms with van der Waals surface area (Å²) in [7, 11) is 0. The van der Waals surface area contributed by atoms with Crippen molar-refractivity contribution in [1.29, 1.82) is 0 Å². The van der Waals surface area contributed by atoms with Crippen molar-refractivity contribution in [2.75, 3.05) is 16.0 Å². The number of anilines is 3. The van der Waals surface area contributed by atoms with Crippen LogP contribution in [0.4, 0.5) is 30.2 Å². The normalized spacial score (nSPS) is 13.1. The molecule has 1 aliphatic rings. The zero-order chi connectivity index (χ0) is 20.9. The third kappa shape index (κ3) is 4.46. The summed E-state index contributed by atoms with van der Waals surface area (Å²) in [6.45, 7) is 0. The topological polar surface area (TPSA) is 72.8 Å². The molecule has 3 aromatic carbocycles. The van der Waals surface area contributed by atoms with Crippen molar-refractivity contribution < 1.29 is 13.2 Å². The van der Waals surface area contributed by atoms with Gasteiger partial charge in [-0.25, -0.2) is 13.2 Å². The predicted octanol–water partition coefficient (Wildman–Crippen LogP) is 4.50. The van der Waals surface area contributed by atoms with Gasteiger partial charge in [0.1, 0.15) is 17.5 Å². The molecule has 0 unspecified atom stereocenters. The largest absolute Gasteiger partial charge is 0.402 e. The summed E-state index contributed by atoms with van der Waals surface area (Å²) in [5.74, 6) is -1.36. The lowest BCUT2D eigenvalue weighted by Crippen LogP contribution is -2.42. The Bertz CT molecular complexity index is 1120. The van der Waals surface area contributed by atoms with E-state index in [1.807, 2.05) is 0 Å². The molecule has 0 fully saturated rings. The molecular formula is C21H16F3N6-. The molecule has 1 heterocycles. The molecule has 30 heavy (non-hydrogen) atoms. The van der Waals surface area contributed by atoms with Crippen molar-refractivity contribution in [1.82, 2.24) is 5.32 Å². The molecule has 0 atom stereocenters. The maximum absolute atomic E-state index is 14.0. The predicted molar refractivity (Wildman–Crippen MR) is 111 cm³/mol. The molecule has 0 spiro atoms. The summed E-state index contributed by atoms with van der Waals surface area (Å²) in [6, 6.07) is 18.1. The third-order valence-electron chi connectivity index (χ3n) is 4.05. The molecule has 4 rings (SSSR count). The van der Waals surface area contributed by atoms with Gasteiger partial charge in [0.2, 0.25) is 0 Å². The van der Waals surface area contributed by atoms with Gasteiger partial charge in [0.05, 0.1) is 29.3 Å². The molecule has 152 valence electrons. The van der Waals surface area contributed by atoms with Crippen LogP contribution in [-0.4, -0.2) is 11.9 Å². The molecule has 0 amide bonds. The Morgan fingerprint density at radius 3 is 1.73 bits per heavy atom. The van der Waals surface area contributed by atoms with E-state index in [0.717, 1.165) is 0 Å². The van der Waals surface area contributed by atoms with E-state index in [9.17, 15) is 13.2 Å². The maximum Gasteiger partial charge on any atom is 0.175 e. The quantitative estimate of drug-likeness (QED) is 0.479. The molecule has 6 nitrogen and oxygen atoms in total. The first-order chi connectivity index (χ1) is 14.6. The number of hydrogen-bond acceptors (Lipinski definition) is 6. The molecule has 9 heteroatoms. The maximum atomic E-state index is 14.0. The zero-order valence-corrected chi connectivity index (χ0v) is 15.5. The number of benzene rings is 3. The Hall–Kier alpha value is -4.14. The number of halogens is 3. The number of nitrogens with zero attached hydrogens (tertiary/aromatic N) is 2. The van der Waals surface area contributed by atoms with Crippen LogP contribution in [0.3, 0.4) is 0 Å². The average Bonchev–Trinajstić information content (AvgIpc) is 2.73. The van der Waals surface area contributed by atoms with Crippen molar-refractivity contribution in [2.45, 2.75) is 0 Å². The summed E-state index contributed by atoms with van der Waals surface area (Å²) in [4.78, 5) is 8.43. The van der Waals surface area contributed by atoms with Crippen LogP contribution in [-0.2, 0) is 0 Å². The lowest BCUT2D eigenvalue weighted by atomic mass is 10.3. The third-order valence-corrected chi connectivity index (χ3v) is 4.05. The van der Waals surface area contributed by atoms with Gasteiger partial charge < -0.3 is 26.3 Å². The molecule has 1 aliphatic heterocycles. The van der Waals surface area contributed by atoms with Gasteiger partial charge in [-0.2, -0.15) is 0 Å². The van der Waals surface area contributed by atoms with Crippen LogP contribution in [0.25, 0.3) is 0 Å². The standard InChI is InChI=1S/C21H16F3N6/c22-13-7-1-4-10-16(13)25-19-28-20(26-17-11-5-2-8-14(17)23)30-21(29-19)27-18-12-6-3-9-15(18)24/h1-12,25H,(H3,26,27,28,29,30)/q-1. The van der Waals surface area contributed by atoms with E-state index < -0.39 is 17.5 Å². The first kappa shape index (κ1) is 19.2. The van der Waals surface area contributed by atoms with Crippen molar-refractivity contribution in [3.63, 3.8) is 0 Å². The van der Waals surface area contributed by atoms with E-state index in [4.69, 9.17) is 0 Å². The second-order valence-electron chi connectivity index (χ2n) is 6.18. The van der Waals surface area contributed by atoms with E-state index in [1.165, 1.54) is 36.4 Å². The van der Waals surface area contributed by atoms with Crippen LogP contribution in [0.1, 0.15) is 0 Å². The van der Waals surface area contributed by atoms with Gasteiger partial charge in [-0.3, -0.25) is 4.99 Å². The van der Waals surface area contributed by atoms with Crippen LogP contribution >= 0.6 is 0 Å². The van der Waals surface area contributed by atoms with Crippen LogP contribution < -0.4 is 21.3 Å². The highest BCUT2D eigenvalue weighted by atomic mass is 19.1. The molecule has 0 aromatic heterocycles. The van der Waals surface area contributed by atoms with Crippen molar-refractivity contribution in [2.24, 2.45) is 9.98 Å². The number of aliphatic imine (C=N–C) groups is 2. The molecule has 3 aromatic rings. The number of nitrogens with one attached hydrogen (secondary N) is 4. The minimum absolute atomic E-state index is 0.0107. The van der Waals surface area contributed by atoms with Gasteiger partial charge in [-0.05, 0) is 36.4 Å². The van der Waals surface area contributed by atoms with Gasteiger partial charge in [0, 0.05) is 0 Å². The second-order valence-corrected chi connectivity index (χ2v) is 6.18.